The largest absolute Gasteiger partial charge is 0.421 e. The molecule has 1 heterocycles. The molecule has 0 bridgehead atoms. The summed E-state index contributed by atoms with van der Waals surface area (Å²) in [6.45, 7) is 1.89. The predicted molar refractivity (Wildman–Crippen MR) is 70.9 cm³/mol. The number of aromatic nitrogens is 2. The van der Waals surface area contributed by atoms with Crippen molar-refractivity contribution in [3.63, 3.8) is 0 Å². The van der Waals surface area contributed by atoms with Crippen LogP contribution in [-0.4, -0.2) is 16.0 Å². The lowest BCUT2D eigenvalue weighted by Crippen LogP contribution is -2.17. The fraction of sp³-hybridized carbons (Fsp3) is 0.231. The maximum absolute atomic E-state index is 13.6. The van der Waals surface area contributed by atoms with Crippen LogP contribution in [0.2, 0.25) is 5.02 Å². The first-order valence-electron chi connectivity index (χ1n) is 5.74. The van der Waals surface area contributed by atoms with Crippen LogP contribution < -0.4 is 10.5 Å². The Labute approximate surface area is 115 Å². The molecule has 0 aliphatic rings. The smallest absolute Gasteiger partial charge is 0.321 e. The molecule has 4 nitrogen and oxygen atoms in total. The van der Waals surface area contributed by atoms with E-state index in [4.69, 9.17) is 22.1 Å². The summed E-state index contributed by atoms with van der Waals surface area (Å²) in [6.07, 6.45) is 3.88. The second-order valence-electron chi connectivity index (χ2n) is 4.21. The van der Waals surface area contributed by atoms with Gasteiger partial charge in [0.1, 0.15) is 0 Å². The van der Waals surface area contributed by atoms with Crippen LogP contribution in [0.4, 0.5) is 4.39 Å². The molecule has 0 fully saturated rings. The van der Waals surface area contributed by atoms with Gasteiger partial charge in [0.15, 0.2) is 11.6 Å². The Morgan fingerprint density at radius 1 is 1.37 bits per heavy atom. The topological polar surface area (TPSA) is 61.0 Å². The summed E-state index contributed by atoms with van der Waals surface area (Å²) in [5.74, 6) is -0.639. The molecule has 0 saturated heterocycles. The number of nitrogens with two attached hydrogens (primary N) is 1. The van der Waals surface area contributed by atoms with Crippen molar-refractivity contribution in [2.24, 2.45) is 5.73 Å². The van der Waals surface area contributed by atoms with E-state index in [2.05, 4.69) is 9.97 Å². The van der Waals surface area contributed by atoms with Gasteiger partial charge in [-0.05, 0) is 31.0 Å². The molecule has 0 amide bonds. The lowest BCUT2D eigenvalue weighted by molar-refractivity contribution is 0.410. The maximum atomic E-state index is 13.6. The van der Waals surface area contributed by atoms with E-state index < -0.39 is 5.82 Å². The average Bonchev–Trinajstić information content (AvgIpc) is 2.37. The molecule has 0 radical (unpaired) electrons. The predicted octanol–water partition coefficient (Wildman–Crippen LogP) is 2.95. The molecular weight excluding hydrogens is 269 g/mol. The van der Waals surface area contributed by atoms with E-state index in [0.717, 1.165) is 5.56 Å². The summed E-state index contributed by atoms with van der Waals surface area (Å²) in [4.78, 5) is 8.00. The van der Waals surface area contributed by atoms with Crippen LogP contribution in [0.1, 0.15) is 12.5 Å². The van der Waals surface area contributed by atoms with Gasteiger partial charge in [0.05, 0.1) is 5.02 Å². The molecule has 1 aromatic heterocycles. The summed E-state index contributed by atoms with van der Waals surface area (Å²) < 4.78 is 18.8. The first kappa shape index (κ1) is 13.7. The van der Waals surface area contributed by atoms with E-state index in [0.29, 0.717) is 6.42 Å². The van der Waals surface area contributed by atoms with E-state index in [9.17, 15) is 4.39 Å². The van der Waals surface area contributed by atoms with Crippen molar-refractivity contribution < 1.29 is 9.13 Å². The molecule has 0 aliphatic heterocycles. The lowest BCUT2D eigenvalue weighted by atomic mass is 10.1. The number of benzene rings is 1. The second-order valence-corrected chi connectivity index (χ2v) is 4.62. The van der Waals surface area contributed by atoms with Crippen molar-refractivity contribution in [2.45, 2.75) is 19.4 Å². The normalized spacial score (nSPS) is 12.2. The number of hydrogen-bond acceptors (Lipinski definition) is 4. The molecule has 1 aromatic carbocycles. The Bertz CT molecular complexity index is 560. The highest BCUT2D eigenvalue weighted by molar-refractivity contribution is 6.30. The monoisotopic (exact) mass is 281 g/mol. The highest BCUT2D eigenvalue weighted by Gasteiger charge is 2.10. The summed E-state index contributed by atoms with van der Waals surface area (Å²) in [6, 6.07) is 4.58. The van der Waals surface area contributed by atoms with Crippen LogP contribution in [-0.2, 0) is 6.42 Å². The van der Waals surface area contributed by atoms with E-state index in [1.807, 2.05) is 6.92 Å². The molecule has 2 N–H and O–H groups in total. The van der Waals surface area contributed by atoms with Crippen LogP contribution in [0.5, 0.6) is 11.8 Å². The minimum absolute atomic E-state index is 0.00700. The van der Waals surface area contributed by atoms with E-state index in [1.165, 1.54) is 12.1 Å². The number of nitrogens with zero attached hydrogens (tertiary/aromatic N) is 2. The summed E-state index contributed by atoms with van der Waals surface area (Å²) in [5.41, 5.74) is 6.57. The van der Waals surface area contributed by atoms with Gasteiger partial charge in [0.2, 0.25) is 0 Å². The lowest BCUT2D eigenvalue weighted by Gasteiger charge is -2.07. The van der Waals surface area contributed by atoms with Crippen molar-refractivity contribution in [2.75, 3.05) is 0 Å². The Hall–Kier alpha value is -1.72. The molecule has 0 spiro atoms. The van der Waals surface area contributed by atoms with Gasteiger partial charge in [-0.15, -0.1) is 0 Å². The third-order valence-corrected chi connectivity index (χ3v) is 2.65. The minimum Gasteiger partial charge on any atom is -0.421 e. The van der Waals surface area contributed by atoms with Gasteiger partial charge >= 0.3 is 6.01 Å². The molecule has 6 heteroatoms. The summed E-state index contributed by atoms with van der Waals surface area (Å²) in [7, 11) is 0. The highest BCUT2D eigenvalue weighted by Crippen LogP contribution is 2.26. The zero-order chi connectivity index (χ0) is 13.8. The summed E-state index contributed by atoms with van der Waals surface area (Å²) in [5, 5.41) is -0.00826. The zero-order valence-corrected chi connectivity index (χ0v) is 11.1. The molecule has 0 aliphatic carbocycles. The van der Waals surface area contributed by atoms with E-state index in [-0.39, 0.29) is 22.8 Å². The Kier molecular flexibility index (Phi) is 4.29. The van der Waals surface area contributed by atoms with E-state index in [1.54, 1.807) is 18.5 Å². The molecule has 100 valence electrons. The third kappa shape index (κ3) is 3.62. The van der Waals surface area contributed by atoms with Gasteiger partial charge in [-0.2, -0.15) is 0 Å². The molecule has 2 rings (SSSR count). The fourth-order valence-electron chi connectivity index (χ4n) is 1.53. The Balaban J connectivity index is 2.13. The molecule has 0 saturated carbocycles. The van der Waals surface area contributed by atoms with Crippen LogP contribution in [0, 0.1) is 5.82 Å². The first-order chi connectivity index (χ1) is 9.06. The fourth-order valence-corrected chi connectivity index (χ4v) is 1.70. The zero-order valence-electron chi connectivity index (χ0n) is 10.3. The van der Waals surface area contributed by atoms with Crippen LogP contribution in [0.3, 0.4) is 0 Å². The number of ether oxygens (including phenoxy) is 1. The van der Waals surface area contributed by atoms with Gasteiger partial charge < -0.3 is 10.5 Å². The molecule has 1 unspecified atom stereocenters. The van der Waals surface area contributed by atoms with Crippen molar-refractivity contribution >= 4 is 11.6 Å². The molecule has 2 aromatic rings. The first-order valence-corrected chi connectivity index (χ1v) is 6.12. The highest BCUT2D eigenvalue weighted by atomic mass is 35.5. The third-order valence-electron chi connectivity index (χ3n) is 2.36. The second kappa shape index (κ2) is 5.95. The quantitative estimate of drug-likeness (QED) is 0.936. The summed E-state index contributed by atoms with van der Waals surface area (Å²) >= 11 is 5.65. The number of halogens is 2. The average molecular weight is 282 g/mol. The standard InChI is InChI=1S/C13H13ClFN3O/c1-8(16)5-9-6-17-13(18-7-9)19-11-4-2-3-10(14)12(11)15/h2-4,6-8H,5,16H2,1H3. The van der Waals surface area contributed by atoms with Gasteiger partial charge in [-0.1, -0.05) is 17.7 Å². The minimum atomic E-state index is -0.632. The van der Waals surface area contributed by atoms with Crippen molar-refractivity contribution in [3.8, 4) is 11.8 Å². The molecular formula is C13H13ClFN3O. The Morgan fingerprint density at radius 2 is 2.05 bits per heavy atom. The Morgan fingerprint density at radius 3 is 2.68 bits per heavy atom. The maximum Gasteiger partial charge on any atom is 0.321 e. The van der Waals surface area contributed by atoms with Gasteiger partial charge in [-0.3, -0.25) is 0 Å². The van der Waals surface area contributed by atoms with Gasteiger partial charge in [-0.25, -0.2) is 14.4 Å². The number of hydrogen-bond donors (Lipinski definition) is 1. The van der Waals surface area contributed by atoms with E-state index >= 15 is 0 Å². The van der Waals surface area contributed by atoms with Crippen molar-refractivity contribution in [1.82, 2.24) is 9.97 Å². The number of rotatable bonds is 4. The van der Waals surface area contributed by atoms with Gasteiger partial charge in [0.25, 0.3) is 0 Å². The molecule has 19 heavy (non-hydrogen) atoms. The van der Waals surface area contributed by atoms with Gasteiger partial charge in [0, 0.05) is 18.4 Å². The molecule has 1 atom stereocenters. The van der Waals surface area contributed by atoms with Crippen molar-refractivity contribution in [3.05, 3.63) is 47.0 Å². The van der Waals surface area contributed by atoms with Crippen LogP contribution in [0.25, 0.3) is 0 Å². The SMILES string of the molecule is CC(N)Cc1cnc(Oc2cccc(Cl)c2F)nc1. The van der Waals surface area contributed by atoms with Crippen molar-refractivity contribution in [1.29, 1.82) is 0 Å². The van der Waals surface area contributed by atoms with Crippen LogP contribution in [0.15, 0.2) is 30.6 Å². The van der Waals surface area contributed by atoms with Crippen LogP contribution >= 0.6 is 11.6 Å².